The number of carbonyl (C=O) groups is 2. The van der Waals surface area contributed by atoms with Gasteiger partial charge in [-0.05, 0) is 23.7 Å². The SMILES string of the molecule is C[C@@]1(CC(=O)O)CC=CC[C@]1(C)CC(=O)O. The Morgan fingerprint density at radius 1 is 1.00 bits per heavy atom. The Labute approximate surface area is 95.0 Å². The minimum atomic E-state index is -0.866. The summed E-state index contributed by atoms with van der Waals surface area (Å²) < 4.78 is 0. The first-order chi connectivity index (χ1) is 7.29. The molecule has 4 heteroatoms. The summed E-state index contributed by atoms with van der Waals surface area (Å²) in [4.78, 5) is 21.7. The van der Waals surface area contributed by atoms with Crippen LogP contribution in [0.2, 0.25) is 0 Å². The lowest BCUT2D eigenvalue weighted by Crippen LogP contribution is -2.42. The minimum absolute atomic E-state index is 0.0150. The molecule has 2 N–H and O–H groups in total. The van der Waals surface area contributed by atoms with Gasteiger partial charge >= 0.3 is 11.9 Å². The van der Waals surface area contributed by atoms with Gasteiger partial charge in [-0.3, -0.25) is 9.59 Å². The molecule has 0 aromatic rings. The second-order valence-electron chi connectivity index (χ2n) is 5.14. The predicted molar refractivity (Wildman–Crippen MR) is 59.1 cm³/mol. The summed E-state index contributed by atoms with van der Waals surface area (Å²) in [7, 11) is 0. The van der Waals surface area contributed by atoms with Crippen LogP contribution in [0.5, 0.6) is 0 Å². The molecule has 1 aliphatic carbocycles. The van der Waals surface area contributed by atoms with Gasteiger partial charge in [-0.25, -0.2) is 0 Å². The average Bonchev–Trinajstić information content (AvgIpc) is 2.08. The van der Waals surface area contributed by atoms with E-state index in [1.54, 1.807) is 0 Å². The number of allylic oxidation sites excluding steroid dienone is 2. The second kappa shape index (κ2) is 4.28. The van der Waals surface area contributed by atoms with E-state index in [4.69, 9.17) is 10.2 Å². The number of hydrogen-bond acceptors (Lipinski definition) is 2. The predicted octanol–water partition coefficient (Wildman–Crippen LogP) is 2.30. The molecule has 0 aromatic carbocycles. The van der Waals surface area contributed by atoms with Crippen molar-refractivity contribution in [3.63, 3.8) is 0 Å². The molecule has 0 spiro atoms. The standard InChI is InChI=1S/C12H18O4/c1-11(7-9(13)14)5-3-4-6-12(11,2)8-10(15)16/h3-4H,5-8H2,1-2H3,(H,13,14)(H,15,16)/t11-,12+. The normalized spacial score (nSPS) is 33.6. The lowest BCUT2D eigenvalue weighted by molar-refractivity contribution is -0.148. The Balaban J connectivity index is 2.98. The van der Waals surface area contributed by atoms with E-state index >= 15 is 0 Å². The van der Waals surface area contributed by atoms with Gasteiger partial charge in [-0.15, -0.1) is 0 Å². The van der Waals surface area contributed by atoms with Crippen molar-refractivity contribution in [3.8, 4) is 0 Å². The molecule has 2 atom stereocenters. The van der Waals surface area contributed by atoms with Crippen LogP contribution in [0, 0.1) is 10.8 Å². The van der Waals surface area contributed by atoms with Gasteiger partial charge in [0, 0.05) is 0 Å². The highest BCUT2D eigenvalue weighted by Gasteiger charge is 2.47. The molecule has 90 valence electrons. The molecule has 0 bridgehead atoms. The topological polar surface area (TPSA) is 74.6 Å². The molecule has 0 unspecified atom stereocenters. The minimum Gasteiger partial charge on any atom is -0.481 e. The summed E-state index contributed by atoms with van der Waals surface area (Å²) >= 11 is 0. The van der Waals surface area contributed by atoms with Crippen molar-refractivity contribution >= 4 is 11.9 Å². The van der Waals surface area contributed by atoms with Gasteiger partial charge in [0.15, 0.2) is 0 Å². The van der Waals surface area contributed by atoms with Crippen LogP contribution in [-0.2, 0) is 9.59 Å². The van der Waals surface area contributed by atoms with E-state index in [0.717, 1.165) is 0 Å². The van der Waals surface area contributed by atoms with Crippen molar-refractivity contribution in [1.29, 1.82) is 0 Å². The fraction of sp³-hybridized carbons (Fsp3) is 0.667. The number of aliphatic carboxylic acids is 2. The van der Waals surface area contributed by atoms with Gasteiger partial charge in [0.25, 0.3) is 0 Å². The zero-order valence-corrected chi connectivity index (χ0v) is 9.69. The van der Waals surface area contributed by atoms with E-state index in [9.17, 15) is 9.59 Å². The molecule has 1 rings (SSSR count). The Morgan fingerprint density at radius 2 is 1.31 bits per heavy atom. The smallest absolute Gasteiger partial charge is 0.303 e. The van der Waals surface area contributed by atoms with Gasteiger partial charge < -0.3 is 10.2 Å². The molecule has 0 aliphatic heterocycles. The quantitative estimate of drug-likeness (QED) is 0.721. The molecule has 0 radical (unpaired) electrons. The van der Waals surface area contributed by atoms with Gasteiger partial charge in [-0.1, -0.05) is 26.0 Å². The van der Waals surface area contributed by atoms with E-state index in [-0.39, 0.29) is 12.8 Å². The molecular weight excluding hydrogens is 208 g/mol. The van der Waals surface area contributed by atoms with Crippen molar-refractivity contribution in [2.45, 2.75) is 39.5 Å². The molecule has 4 nitrogen and oxygen atoms in total. The van der Waals surface area contributed by atoms with E-state index in [0.29, 0.717) is 12.8 Å². The summed E-state index contributed by atoms with van der Waals surface area (Å²) in [6, 6.07) is 0. The first kappa shape index (κ1) is 12.7. The summed E-state index contributed by atoms with van der Waals surface area (Å²) in [5.74, 6) is -1.73. The number of hydrogen-bond donors (Lipinski definition) is 2. The lowest BCUT2D eigenvalue weighted by Gasteiger charge is -2.46. The monoisotopic (exact) mass is 226 g/mol. The highest BCUT2D eigenvalue weighted by molar-refractivity contribution is 5.70. The van der Waals surface area contributed by atoms with Crippen LogP contribution < -0.4 is 0 Å². The summed E-state index contributed by atoms with van der Waals surface area (Å²) in [5.41, 5.74) is -0.960. The van der Waals surface area contributed by atoms with Gasteiger partial charge in [-0.2, -0.15) is 0 Å². The number of rotatable bonds is 4. The van der Waals surface area contributed by atoms with Crippen LogP contribution >= 0.6 is 0 Å². The fourth-order valence-electron chi connectivity index (χ4n) is 2.42. The van der Waals surface area contributed by atoms with Crippen LogP contribution in [0.15, 0.2) is 12.2 Å². The molecule has 0 aromatic heterocycles. The zero-order chi connectivity index (χ0) is 12.4. The third-order valence-electron chi connectivity index (χ3n) is 3.84. The molecule has 0 amide bonds. The summed E-state index contributed by atoms with van der Waals surface area (Å²) in [6.07, 6.45) is 5.19. The maximum atomic E-state index is 10.9. The maximum Gasteiger partial charge on any atom is 0.303 e. The maximum absolute atomic E-state index is 10.9. The third kappa shape index (κ3) is 2.43. The highest BCUT2D eigenvalue weighted by atomic mass is 16.4. The Bertz CT molecular complexity index is 302. The number of carboxylic acids is 2. The Hall–Kier alpha value is -1.32. The molecule has 0 saturated heterocycles. The first-order valence-electron chi connectivity index (χ1n) is 5.38. The fourth-order valence-corrected chi connectivity index (χ4v) is 2.42. The average molecular weight is 226 g/mol. The van der Waals surface area contributed by atoms with Gasteiger partial charge in [0.2, 0.25) is 0 Å². The van der Waals surface area contributed by atoms with Crippen LogP contribution in [0.3, 0.4) is 0 Å². The highest BCUT2D eigenvalue weighted by Crippen LogP contribution is 2.52. The first-order valence-corrected chi connectivity index (χ1v) is 5.38. The van der Waals surface area contributed by atoms with Crippen LogP contribution in [-0.4, -0.2) is 22.2 Å². The van der Waals surface area contributed by atoms with Crippen molar-refractivity contribution < 1.29 is 19.8 Å². The Kier molecular flexibility index (Phi) is 3.41. The third-order valence-corrected chi connectivity index (χ3v) is 3.84. The van der Waals surface area contributed by atoms with Crippen LogP contribution in [0.1, 0.15) is 39.5 Å². The lowest BCUT2D eigenvalue weighted by atomic mass is 9.57. The van der Waals surface area contributed by atoms with Crippen molar-refractivity contribution in [3.05, 3.63) is 12.2 Å². The van der Waals surface area contributed by atoms with Crippen LogP contribution in [0.25, 0.3) is 0 Å². The molecule has 16 heavy (non-hydrogen) atoms. The Morgan fingerprint density at radius 3 is 1.56 bits per heavy atom. The van der Waals surface area contributed by atoms with E-state index < -0.39 is 22.8 Å². The van der Waals surface area contributed by atoms with Crippen LogP contribution in [0.4, 0.5) is 0 Å². The van der Waals surface area contributed by atoms with Crippen molar-refractivity contribution in [1.82, 2.24) is 0 Å². The van der Waals surface area contributed by atoms with Gasteiger partial charge in [0.05, 0.1) is 12.8 Å². The number of carboxylic acid groups (broad SMARTS) is 2. The molecule has 0 heterocycles. The van der Waals surface area contributed by atoms with E-state index in [2.05, 4.69) is 0 Å². The molecule has 1 aliphatic rings. The molecule has 0 fully saturated rings. The molecular formula is C12H18O4. The van der Waals surface area contributed by atoms with E-state index in [1.165, 1.54) is 0 Å². The van der Waals surface area contributed by atoms with Gasteiger partial charge in [0.1, 0.15) is 0 Å². The van der Waals surface area contributed by atoms with E-state index in [1.807, 2.05) is 26.0 Å². The second-order valence-corrected chi connectivity index (χ2v) is 5.14. The van der Waals surface area contributed by atoms with Crippen molar-refractivity contribution in [2.24, 2.45) is 10.8 Å². The molecule has 0 saturated carbocycles. The zero-order valence-electron chi connectivity index (χ0n) is 9.69. The largest absolute Gasteiger partial charge is 0.481 e. The van der Waals surface area contributed by atoms with Crippen molar-refractivity contribution in [2.75, 3.05) is 0 Å². The summed E-state index contributed by atoms with van der Waals surface area (Å²) in [5, 5.41) is 17.9. The summed E-state index contributed by atoms with van der Waals surface area (Å²) in [6.45, 7) is 3.74.